The minimum absolute atomic E-state index is 0.0726. The Balaban J connectivity index is 2.16. The first-order valence-corrected chi connectivity index (χ1v) is 14.2. The van der Waals surface area contributed by atoms with Crippen molar-refractivity contribution in [2.45, 2.75) is 52.1 Å². The summed E-state index contributed by atoms with van der Waals surface area (Å²) in [5.41, 5.74) is 1.27. The van der Waals surface area contributed by atoms with E-state index in [4.69, 9.17) is 16.3 Å². The zero-order chi connectivity index (χ0) is 26.7. The smallest absolute Gasteiger partial charge is 0.242 e. The highest BCUT2D eigenvalue weighted by Crippen LogP contribution is 2.24. The number of amides is 2. The van der Waals surface area contributed by atoms with Crippen LogP contribution in [0.5, 0.6) is 5.75 Å². The number of sulfonamides is 1. The molecule has 2 aromatic rings. The Bertz CT molecular complexity index is 1130. The quantitative estimate of drug-likeness (QED) is 0.364. The minimum Gasteiger partial charge on any atom is -0.497 e. The van der Waals surface area contributed by atoms with E-state index in [1.54, 1.807) is 49.4 Å². The van der Waals surface area contributed by atoms with Gasteiger partial charge in [0.2, 0.25) is 21.8 Å². The van der Waals surface area contributed by atoms with Crippen LogP contribution in [0.15, 0.2) is 48.5 Å². The van der Waals surface area contributed by atoms with Gasteiger partial charge in [-0.3, -0.25) is 13.9 Å². The van der Waals surface area contributed by atoms with Crippen molar-refractivity contribution in [1.29, 1.82) is 0 Å². The molecule has 2 aromatic carbocycles. The van der Waals surface area contributed by atoms with Crippen LogP contribution in [0.3, 0.4) is 0 Å². The molecular weight excluding hydrogens is 502 g/mol. The number of benzene rings is 2. The largest absolute Gasteiger partial charge is 0.497 e. The summed E-state index contributed by atoms with van der Waals surface area (Å²) in [7, 11) is -2.07. The third kappa shape index (κ3) is 9.02. The van der Waals surface area contributed by atoms with Gasteiger partial charge in [-0.05, 0) is 49.6 Å². The van der Waals surface area contributed by atoms with Crippen LogP contribution in [0.4, 0.5) is 5.69 Å². The SMILES string of the molecule is CCCCNC(=O)C(C)N(Cc1cccc(Cl)c1)C(=O)CCCN(c1cccc(OC)c1)S(C)(=O)=O. The van der Waals surface area contributed by atoms with Gasteiger partial charge in [0.15, 0.2) is 0 Å². The molecule has 1 N–H and O–H groups in total. The van der Waals surface area contributed by atoms with Crippen molar-refractivity contribution in [3.63, 3.8) is 0 Å². The van der Waals surface area contributed by atoms with Crippen molar-refractivity contribution in [3.8, 4) is 5.75 Å². The highest BCUT2D eigenvalue weighted by molar-refractivity contribution is 7.92. The van der Waals surface area contributed by atoms with Crippen LogP contribution in [-0.4, -0.2) is 57.6 Å². The van der Waals surface area contributed by atoms with Crippen molar-refractivity contribution < 1.29 is 22.7 Å². The lowest BCUT2D eigenvalue weighted by Crippen LogP contribution is -2.48. The maximum atomic E-state index is 13.3. The molecule has 1 atom stereocenters. The average Bonchev–Trinajstić information content (AvgIpc) is 2.84. The maximum Gasteiger partial charge on any atom is 0.242 e. The monoisotopic (exact) mass is 537 g/mol. The number of rotatable bonds is 14. The molecule has 0 aromatic heterocycles. The standard InChI is InChI=1S/C26H36ClN3O5S/c1-5-6-15-28-26(32)20(2)29(19-21-10-7-11-22(27)17-21)25(31)14-9-16-30(36(4,33)34)23-12-8-13-24(18-23)35-3/h7-8,10-13,17-18,20H,5-6,9,14-16,19H2,1-4H3,(H,28,32). The van der Waals surface area contributed by atoms with Gasteiger partial charge in [0.25, 0.3) is 0 Å². The number of hydrogen-bond donors (Lipinski definition) is 1. The van der Waals surface area contributed by atoms with Crippen LogP contribution in [0.2, 0.25) is 5.02 Å². The van der Waals surface area contributed by atoms with Crippen LogP contribution in [0, 0.1) is 0 Å². The number of methoxy groups -OCH3 is 1. The fourth-order valence-electron chi connectivity index (χ4n) is 3.72. The van der Waals surface area contributed by atoms with E-state index in [2.05, 4.69) is 5.32 Å². The molecule has 0 aliphatic rings. The molecule has 8 nitrogen and oxygen atoms in total. The summed E-state index contributed by atoms with van der Waals surface area (Å²) < 4.78 is 31.4. The van der Waals surface area contributed by atoms with E-state index in [1.165, 1.54) is 16.3 Å². The first kappa shape index (κ1) is 29.5. The highest BCUT2D eigenvalue weighted by atomic mass is 35.5. The van der Waals surface area contributed by atoms with Gasteiger partial charge in [-0.15, -0.1) is 0 Å². The van der Waals surface area contributed by atoms with Crippen molar-refractivity contribution >= 4 is 39.1 Å². The third-order valence-corrected chi connectivity index (χ3v) is 7.16. The second-order valence-corrected chi connectivity index (χ2v) is 11.0. The Morgan fingerprint density at radius 2 is 1.83 bits per heavy atom. The highest BCUT2D eigenvalue weighted by Gasteiger charge is 2.26. The van der Waals surface area contributed by atoms with Crippen LogP contribution in [0.1, 0.15) is 45.1 Å². The molecule has 0 heterocycles. The van der Waals surface area contributed by atoms with Crippen molar-refractivity contribution in [1.82, 2.24) is 10.2 Å². The van der Waals surface area contributed by atoms with Gasteiger partial charge in [-0.1, -0.05) is 43.1 Å². The summed E-state index contributed by atoms with van der Waals surface area (Å²) in [5.74, 6) is 0.0630. The molecular formula is C26H36ClN3O5S. The molecule has 2 amide bonds. The van der Waals surface area contributed by atoms with E-state index in [0.29, 0.717) is 23.0 Å². The number of carbonyl (C=O) groups is 2. The molecule has 36 heavy (non-hydrogen) atoms. The fraction of sp³-hybridized carbons (Fsp3) is 0.462. The Kier molecular flexibility index (Phi) is 11.5. The van der Waals surface area contributed by atoms with Gasteiger partial charge in [-0.25, -0.2) is 8.42 Å². The second kappa shape index (κ2) is 14.1. The van der Waals surface area contributed by atoms with Gasteiger partial charge >= 0.3 is 0 Å². The van der Waals surface area contributed by atoms with Gasteiger partial charge in [0.1, 0.15) is 11.8 Å². The van der Waals surface area contributed by atoms with Crippen LogP contribution in [0.25, 0.3) is 0 Å². The van der Waals surface area contributed by atoms with E-state index in [0.717, 1.165) is 24.7 Å². The summed E-state index contributed by atoms with van der Waals surface area (Å²) in [6, 6.07) is 13.2. The molecule has 1 unspecified atom stereocenters. The normalized spacial score (nSPS) is 12.0. The summed E-state index contributed by atoms with van der Waals surface area (Å²) in [6.07, 6.45) is 3.28. The molecule has 0 fully saturated rings. The van der Waals surface area contributed by atoms with Crippen molar-refractivity contribution in [3.05, 3.63) is 59.1 Å². The maximum absolute atomic E-state index is 13.3. The molecule has 10 heteroatoms. The second-order valence-electron chi connectivity index (χ2n) is 8.61. The molecule has 0 aliphatic heterocycles. The predicted octanol–water partition coefficient (Wildman–Crippen LogP) is 4.23. The first-order valence-electron chi connectivity index (χ1n) is 12.0. The fourth-order valence-corrected chi connectivity index (χ4v) is 4.89. The van der Waals surface area contributed by atoms with Crippen LogP contribution >= 0.6 is 11.6 Å². The summed E-state index contributed by atoms with van der Waals surface area (Å²) in [4.78, 5) is 27.6. The molecule has 0 saturated heterocycles. The lowest BCUT2D eigenvalue weighted by atomic mass is 10.1. The number of anilines is 1. The zero-order valence-electron chi connectivity index (χ0n) is 21.4. The Labute approximate surface area is 219 Å². The molecule has 0 spiro atoms. The van der Waals surface area contributed by atoms with E-state index >= 15 is 0 Å². The Morgan fingerprint density at radius 3 is 2.47 bits per heavy atom. The molecule has 198 valence electrons. The van der Waals surface area contributed by atoms with Gasteiger partial charge in [-0.2, -0.15) is 0 Å². The van der Waals surface area contributed by atoms with Crippen molar-refractivity contribution in [2.75, 3.05) is 30.8 Å². The summed E-state index contributed by atoms with van der Waals surface area (Å²) in [5, 5.41) is 3.43. The molecule has 2 rings (SSSR count). The van der Waals surface area contributed by atoms with E-state index in [-0.39, 0.29) is 37.7 Å². The van der Waals surface area contributed by atoms with Gasteiger partial charge in [0, 0.05) is 37.1 Å². The number of halogens is 1. The van der Waals surface area contributed by atoms with E-state index in [9.17, 15) is 18.0 Å². The molecule has 0 bridgehead atoms. The average molecular weight is 538 g/mol. The first-order chi connectivity index (χ1) is 17.1. The summed E-state index contributed by atoms with van der Waals surface area (Å²) >= 11 is 6.12. The number of hydrogen-bond acceptors (Lipinski definition) is 5. The lowest BCUT2D eigenvalue weighted by molar-refractivity contribution is -0.140. The molecule has 0 saturated carbocycles. The minimum atomic E-state index is -3.58. The van der Waals surface area contributed by atoms with Crippen LogP contribution in [-0.2, 0) is 26.2 Å². The lowest BCUT2D eigenvalue weighted by Gasteiger charge is -2.29. The molecule has 0 aliphatic carbocycles. The number of carbonyl (C=O) groups excluding carboxylic acids is 2. The number of nitrogens with one attached hydrogen (secondary N) is 1. The van der Waals surface area contributed by atoms with Crippen molar-refractivity contribution in [2.24, 2.45) is 0 Å². The third-order valence-electron chi connectivity index (χ3n) is 5.73. The van der Waals surface area contributed by atoms with Gasteiger partial charge < -0.3 is 15.0 Å². The Morgan fingerprint density at radius 1 is 1.11 bits per heavy atom. The van der Waals surface area contributed by atoms with E-state index < -0.39 is 16.1 Å². The number of unbranched alkanes of at least 4 members (excludes halogenated alkanes) is 1. The van der Waals surface area contributed by atoms with E-state index in [1.807, 2.05) is 13.0 Å². The summed E-state index contributed by atoms with van der Waals surface area (Å²) in [6.45, 7) is 4.61. The predicted molar refractivity (Wildman–Crippen MR) is 144 cm³/mol. The van der Waals surface area contributed by atoms with Gasteiger partial charge in [0.05, 0.1) is 19.1 Å². The Hall–Kier alpha value is -2.78. The molecule has 0 radical (unpaired) electrons. The number of ether oxygens (including phenoxy) is 1. The zero-order valence-corrected chi connectivity index (χ0v) is 22.9. The van der Waals surface area contributed by atoms with Crippen LogP contribution < -0.4 is 14.4 Å². The topological polar surface area (TPSA) is 96.0 Å². The number of nitrogens with zero attached hydrogens (tertiary/aromatic N) is 2.